The summed E-state index contributed by atoms with van der Waals surface area (Å²) in [5.41, 5.74) is 16.5. The maximum absolute atomic E-state index is 6.52. The van der Waals surface area contributed by atoms with Gasteiger partial charge in [0.25, 0.3) is 0 Å². The van der Waals surface area contributed by atoms with Gasteiger partial charge in [0.1, 0.15) is 5.52 Å². The monoisotopic (exact) mass is 869 g/mol. The highest BCUT2D eigenvalue weighted by Crippen LogP contribution is 2.53. The van der Waals surface area contributed by atoms with Gasteiger partial charge in [-0.15, -0.1) is 0 Å². The molecule has 0 N–H and O–H groups in total. The number of nitrogens with zero attached hydrogens (tertiary/aromatic N) is 3. The average Bonchev–Trinajstić information content (AvgIpc) is 3.96. The number of benzene rings is 11. The SMILES string of the molecule is CC1(C)c2ccccc2N(c2ccccc2)c2ccc(-c3ccc4c(c3)c3cc5oc(-c6ccccc6)nc5cc3n4-c3ccc(-c4ccc5c6ccccc6c6ccccc6c5c4)cc3)cc21. The lowest BCUT2D eigenvalue weighted by atomic mass is 9.73. The van der Waals surface area contributed by atoms with Crippen molar-refractivity contribution in [1.29, 1.82) is 0 Å². The Morgan fingerprint density at radius 2 is 0.912 bits per heavy atom. The first-order valence-corrected chi connectivity index (χ1v) is 23.4. The van der Waals surface area contributed by atoms with Gasteiger partial charge >= 0.3 is 0 Å². The number of rotatable bonds is 5. The second-order valence-electron chi connectivity index (χ2n) is 18.7. The van der Waals surface area contributed by atoms with Crippen LogP contribution in [0.25, 0.3) is 105 Å². The minimum atomic E-state index is -0.219. The van der Waals surface area contributed by atoms with Crippen molar-refractivity contribution in [3.05, 3.63) is 236 Å². The average molecular weight is 870 g/mol. The van der Waals surface area contributed by atoms with E-state index in [1.165, 1.54) is 71.5 Å². The highest BCUT2D eigenvalue weighted by molar-refractivity contribution is 6.25. The first-order valence-electron chi connectivity index (χ1n) is 23.4. The lowest BCUT2D eigenvalue weighted by Gasteiger charge is -2.42. The van der Waals surface area contributed by atoms with Crippen molar-refractivity contribution < 1.29 is 4.42 Å². The Hall–Kier alpha value is -8.73. The summed E-state index contributed by atoms with van der Waals surface area (Å²) in [5, 5.41) is 9.95. The summed E-state index contributed by atoms with van der Waals surface area (Å²) in [7, 11) is 0. The van der Waals surface area contributed by atoms with Crippen LogP contribution in [-0.4, -0.2) is 9.55 Å². The Morgan fingerprint density at radius 3 is 1.66 bits per heavy atom. The van der Waals surface area contributed by atoms with E-state index in [0.717, 1.165) is 55.4 Å². The van der Waals surface area contributed by atoms with Crippen molar-refractivity contribution in [2.45, 2.75) is 19.3 Å². The molecule has 4 nitrogen and oxygen atoms in total. The van der Waals surface area contributed by atoms with E-state index >= 15 is 0 Å². The summed E-state index contributed by atoms with van der Waals surface area (Å²) in [6.07, 6.45) is 0. The number of fused-ring (bicyclic) bond motifs is 12. The largest absolute Gasteiger partial charge is 0.436 e. The predicted octanol–water partition coefficient (Wildman–Crippen LogP) is 17.5. The minimum Gasteiger partial charge on any atom is -0.436 e. The molecule has 1 aliphatic rings. The van der Waals surface area contributed by atoms with E-state index in [1.54, 1.807) is 0 Å². The number of hydrogen-bond acceptors (Lipinski definition) is 3. The number of aromatic nitrogens is 2. The van der Waals surface area contributed by atoms with Crippen LogP contribution in [0.3, 0.4) is 0 Å². The van der Waals surface area contributed by atoms with E-state index in [2.05, 4.69) is 217 Å². The van der Waals surface area contributed by atoms with Crippen LogP contribution in [0.2, 0.25) is 0 Å². The highest BCUT2D eigenvalue weighted by Gasteiger charge is 2.37. The Kier molecular flexibility index (Phi) is 8.29. The molecule has 0 unspecified atom stereocenters. The van der Waals surface area contributed by atoms with Crippen LogP contribution in [-0.2, 0) is 5.41 Å². The van der Waals surface area contributed by atoms with Crippen LogP contribution in [0.4, 0.5) is 17.1 Å². The van der Waals surface area contributed by atoms with E-state index in [9.17, 15) is 0 Å². The van der Waals surface area contributed by atoms with Crippen molar-refractivity contribution in [2.24, 2.45) is 0 Å². The van der Waals surface area contributed by atoms with Gasteiger partial charge in [0.15, 0.2) is 5.58 Å². The number of oxazole rings is 1. The second kappa shape index (κ2) is 14.6. The molecule has 0 fully saturated rings. The zero-order valence-corrected chi connectivity index (χ0v) is 37.6. The third kappa shape index (κ3) is 5.77. The van der Waals surface area contributed by atoms with Crippen molar-refractivity contribution in [3.63, 3.8) is 0 Å². The number of anilines is 3. The van der Waals surface area contributed by atoms with Crippen LogP contribution in [0.1, 0.15) is 25.0 Å². The summed E-state index contributed by atoms with van der Waals surface area (Å²) < 4.78 is 8.91. The van der Waals surface area contributed by atoms with Gasteiger partial charge in [0, 0.05) is 33.1 Å². The normalized spacial score (nSPS) is 13.2. The quantitative estimate of drug-likeness (QED) is 0.162. The molecule has 0 atom stereocenters. The van der Waals surface area contributed by atoms with E-state index in [4.69, 9.17) is 9.40 Å². The molecule has 0 bridgehead atoms. The van der Waals surface area contributed by atoms with Crippen molar-refractivity contribution in [2.75, 3.05) is 4.90 Å². The fourth-order valence-corrected chi connectivity index (χ4v) is 11.2. The van der Waals surface area contributed by atoms with Crippen molar-refractivity contribution in [3.8, 4) is 39.4 Å². The molecule has 0 amide bonds. The first kappa shape index (κ1) is 38.5. The van der Waals surface area contributed by atoms with Crippen LogP contribution in [0.15, 0.2) is 229 Å². The Bertz CT molecular complexity index is 4130. The topological polar surface area (TPSA) is 34.2 Å². The van der Waals surface area contributed by atoms with Gasteiger partial charge in [-0.1, -0.05) is 153 Å². The Labute approximate surface area is 393 Å². The second-order valence-corrected chi connectivity index (χ2v) is 18.7. The van der Waals surface area contributed by atoms with Crippen molar-refractivity contribution >= 4 is 82.3 Å². The molecule has 11 aromatic carbocycles. The van der Waals surface area contributed by atoms with Gasteiger partial charge in [0.05, 0.1) is 22.4 Å². The first-order chi connectivity index (χ1) is 33.5. The highest BCUT2D eigenvalue weighted by atomic mass is 16.3. The number of hydrogen-bond donors (Lipinski definition) is 0. The van der Waals surface area contributed by atoms with Gasteiger partial charge in [0.2, 0.25) is 5.89 Å². The molecule has 0 saturated heterocycles. The Balaban J connectivity index is 0.923. The third-order valence-corrected chi connectivity index (χ3v) is 14.6. The van der Waals surface area contributed by atoms with Crippen LogP contribution in [0, 0.1) is 0 Å². The van der Waals surface area contributed by atoms with Crippen LogP contribution < -0.4 is 4.90 Å². The summed E-state index contributed by atoms with van der Waals surface area (Å²) in [6.45, 7) is 4.71. The van der Waals surface area contributed by atoms with E-state index in [-0.39, 0.29) is 5.41 Å². The lowest BCUT2D eigenvalue weighted by Crippen LogP contribution is -2.30. The van der Waals surface area contributed by atoms with E-state index < -0.39 is 0 Å². The molecule has 0 aliphatic carbocycles. The zero-order valence-electron chi connectivity index (χ0n) is 37.6. The fourth-order valence-electron chi connectivity index (χ4n) is 11.2. The zero-order chi connectivity index (χ0) is 45.1. The van der Waals surface area contributed by atoms with Gasteiger partial charge in [-0.25, -0.2) is 4.98 Å². The maximum Gasteiger partial charge on any atom is 0.227 e. The van der Waals surface area contributed by atoms with Crippen LogP contribution in [0.5, 0.6) is 0 Å². The summed E-state index contributed by atoms with van der Waals surface area (Å²) in [4.78, 5) is 7.45. The summed E-state index contributed by atoms with van der Waals surface area (Å²) in [6, 6.07) is 81.6. The molecule has 0 radical (unpaired) electrons. The van der Waals surface area contributed by atoms with Crippen molar-refractivity contribution in [1.82, 2.24) is 9.55 Å². The predicted molar refractivity (Wildman–Crippen MR) is 284 cm³/mol. The van der Waals surface area contributed by atoms with Gasteiger partial charge in [-0.2, -0.15) is 0 Å². The smallest absolute Gasteiger partial charge is 0.227 e. The minimum absolute atomic E-state index is 0.219. The summed E-state index contributed by atoms with van der Waals surface area (Å²) in [5.74, 6) is 0.619. The molecular formula is C64H43N3O. The Morgan fingerprint density at radius 1 is 0.368 bits per heavy atom. The molecule has 68 heavy (non-hydrogen) atoms. The molecular weight excluding hydrogens is 827 g/mol. The standard InChI is InChI=1S/C64H43N3O/c1-64(2)55-23-13-14-24-59(55)67(45-17-7-4-8-18-45)60-34-29-44(37-56(60)64)43-28-33-58-53(36-43)54-38-62-57(65-63(68-62)41-15-5-3-6-16-41)39-61(54)66(58)46-30-25-40(26-31-46)42-27-32-51-49-21-10-9-19-47(49)48-20-11-12-22-50(48)52(51)35-42/h3-39H,1-2H3. The maximum atomic E-state index is 6.52. The molecule has 0 saturated carbocycles. The molecule has 4 heteroatoms. The van der Waals surface area contributed by atoms with E-state index in [0.29, 0.717) is 5.89 Å². The van der Waals surface area contributed by atoms with Gasteiger partial charge < -0.3 is 13.9 Å². The fraction of sp³-hybridized carbons (Fsp3) is 0.0469. The molecule has 0 spiro atoms. The molecule has 3 heterocycles. The van der Waals surface area contributed by atoms with Crippen LogP contribution >= 0.6 is 0 Å². The third-order valence-electron chi connectivity index (χ3n) is 14.6. The van der Waals surface area contributed by atoms with Gasteiger partial charge in [-0.05, 0) is 151 Å². The molecule has 1 aliphatic heterocycles. The molecule has 320 valence electrons. The van der Waals surface area contributed by atoms with Gasteiger partial charge in [-0.3, -0.25) is 0 Å². The van der Waals surface area contributed by atoms with E-state index in [1.807, 2.05) is 30.3 Å². The lowest BCUT2D eigenvalue weighted by molar-refractivity contribution is 0.620. The molecule has 13 aromatic rings. The molecule has 2 aromatic heterocycles. The number of para-hydroxylation sites is 2. The molecule has 14 rings (SSSR count). The summed E-state index contributed by atoms with van der Waals surface area (Å²) >= 11 is 0.